The van der Waals surface area contributed by atoms with Gasteiger partial charge in [-0.1, -0.05) is 0 Å². The van der Waals surface area contributed by atoms with Crippen molar-refractivity contribution in [3.8, 4) is 0 Å². The van der Waals surface area contributed by atoms with Crippen LogP contribution in [0.4, 0.5) is 5.69 Å². The molecule has 0 bridgehead atoms. The number of rotatable bonds is 0. The number of carbonyl (C=O) groups is 1. The summed E-state index contributed by atoms with van der Waals surface area (Å²) in [6.07, 6.45) is 0. The van der Waals surface area contributed by atoms with Crippen molar-refractivity contribution in [1.29, 1.82) is 0 Å². The molecular weight excluding hydrogens is 289 g/mol. The first-order valence-electron chi connectivity index (χ1n) is 4.53. The van der Waals surface area contributed by atoms with Crippen LogP contribution in [0.25, 0.3) is 0 Å². The molecule has 1 aliphatic heterocycles. The Bertz CT molecular complexity index is 412. The zero-order valence-electron chi connectivity index (χ0n) is 8.47. The van der Waals surface area contributed by atoms with Crippen molar-refractivity contribution < 1.29 is 4.79 Å². The molecule has 2 nitrogen and oxygen atoms in total. The summed E-state index contributed by atoms with van der Waals surface area (Å²) in [7, 11) is 1.84. The number of benzene rings is 1. The minimum Gasteiger partial charge on any atom is -0.314 e. The monoisotopic (exact) mass is 301 g/mol. The second-order valence-corrected chi connectivity index (χ2v) is 5.40. The van der Waals surface area contributed by atoms with E-state index in [-0.39, 0.29) is 11.3 Å². The Hall–Kier alpha value is -0.580. The van der Waals surface area contributed by atoms with Crippen LogP contribution < -0.4 is 4.90 Å². The third-order valence-electron chi connectivity index (χ3n) is 2.83. The maximum Gasteiger partial charge on any atom is 0.236 e. The highest BCUT2D eigenvalue weighted by atomic mass is 127. The molecule has 0 unspecified atom stereocenters. The van der Waals surface area contributed by atoms with Crippen molar-refractivity contribution in [2.75, 3.05) is 11.9 Å². The fourth-order valence-corrected chi connectivity index (χ4v) is 2.44. The summed E-state index contributed by atoms with van der Waals surface area (Å²) < 4.78 is 1.18. The molecule has 1 aromatic carbocycles. The van der Waals surface area contributed by atoms with Gasteiger partial charge >= 0.3 is 0 Å². The minimum absolute atomic E-state index is 0.175. The second kappa shape index (κ2) is 2.95. The van der Waals surface area contributed by atoms with Gasteiger partial charge in [0, 0.05) is 16.3 Å². The molecule has 1 amide bonds. The van der Waals surface area contributed by atoms with Crippen LogP contribution in [0.1, 0.15) is 19.4 Å². The lowest BCUT2D eigenvalue weighted by Crippen LogP contribution is -2.33. The molecule has 0 atom stereocenters. The molecule has 3 heteroatoms. The minimum atomic E-state index is -0.370. The number of anilines is 1. The number of hydrogen-bond acceptors (Lipinski definition) is 1. The zero-order valence-corrected chi connectivity index (χ0v) is 10.6. The highest BCUT2D eigenvalue weighted by Gasteiger charge is 2.41. The Labute approximate surface area is 97.4 Å². The molecular formula is C11H12INO. The van der Waals surface area contributed by atoms with E-state index in [4.69, 9.17) is 0 Å². The summed E-state index contributed by atoms with van der Waals surface area (Å²) in [5.41, 5.74) is 1.81. The van der Waals surface area contributed by atoms with Gasteiger partial charge in [-0.05, 0) is 60.2 Å². The predicted molar refractivity (Wildman–Crippen MR) is 65.6 cm³/mol. The van der Waals surface area contributed by atoms with E-state index >= 15 is 0 Å². The average Bonchev–Trinajstić information content (AvgIpc) is 2.29. The van der Waals surface area contributed by atoms with Crippen LogP contribution in [-0.4, -0.2) is 13.0 Å². The van der Waals surface area contributed by atoms with E-state index in [1.54, 1.807) is 4.90 Å². The van der Waals surface area contributed by atoms with Crippen molar-refractivity contribution in [3.63, 3.8) is 0 Å². The number of nitrogens with zero attached hydrogens (tertiary/aromatic N) is 1. The third kappa shape index (κ3) is 1.18. The van der Waals surface area contributed by atoms with Gasteiger partial charge < -0.3 is 4.90 Å². The molecule has 1 aliphatic rings. The van der Waals surface area contributed by atoms with Crippen LogP contribution in [-0.2, 0) is 10.2 Å². The lowest BCUT2D eigenvalue weighted by Gasteiger charge is -2.16. The topological polar surface area (TPSA) is 20.3 Å². The van der Waals surface area contributed by atoms with E-state index in [1.165, 1.54) is 3.57 Å². The van der Waals surface area contributed by atoms with E-state index < -0.39 is 0 Å². The van der Waals surface area contributed by atoms with E-state index in [0.717, 1.165) is 11.3 Å². The quantitative estimate of drug-likeness (QED) is 0.674. The lowest BCUT2D eigenvalue weighted by molar-refractivity contribution is -0.121. The Morgan fingerprint density at radius 3 is 2.64 bits per heavy atom. The number of hydrogen-bond donors (Lipinski definition) is 0. The van der Waals surface area contributed by atoms with Crippen LogP contribution in [0.15, 0.2) is 18.2 Å². The van der Waals surface area contributed by atoms with Crippen molar-refractivity contribution in [2.45, 2.75) is 19.3 Å². The van der Waals surface area contributed by atoms with Crippen LogP contribution in [0.2, 0.25) is 0 Å². The number of amides is 1. The molecule has 0 N–H and O–H groups in total. The van der Waals surface area contributed by atoms with Gasteiger partial charge in [-0.2, -0.15) is 0 Å². The number of fused-ring (bicyclic) bond motifs is 1. The van der Waals surface area contributed by atoms with Crippen LogP contribution in [0.3, 0.4) is 0 Å². The molecule has 0 saturated heterocycles. The van der Waals surface area contributed by atoms with Gasteiger partial charge in [-0.25, -0.2) is 0 Å². The molecule has 1 aromatic rings. The molecule has 0 aliphatic carbocycles. The maximum absolute atomic E-state index is 11.9. The SMILES string of the molecule is CN1C(=O)C(C)(C)c2cc(I)ccc21. The first kappa shape index (κ1) is 9.96. The van der Waals surface area contributed by atoms with Crippen molar-refractivity contribution in [3.05, 3.63) is 27.3 Å². The highest BCUT2D eigenvalue weighted by Crippen LogP contribution is 2.41. The standard InChI is InChI=1S/C11H12INO/c1-11(2)8-6-7(12)4-5-9(8)13(3)10(11)14/h4-6H,1-3H3. The number of carbonyl (C=O) groups excluding carboxylic acids is 1. The first-order chi connectivity index (χ1) is 6.44. The normalized spacial score (nSPS) is 18.6. The second-order valence-electron chi connectivity index (χ2n) is 4.15. The van der Waals surface area contributed by atoms with Gasteiger partial charge in [0.1, 0.15) is 0 Å². The Morgan fingerprint density at radius 2 is 2.00 bits per heavy atom. The molecule has 2 rings (SSSR count). The Morgan fingerprint density at radius 1 is 1.36 bits per heavy atom. The average molecular weight is 301 g/mol. The number of halogens is 1. The fraction of sp³-hybridized carbons (Fsp3) is 0.364. The van der Waals surface area contributed by atoms with Crippen LogP contribution in [0.5, 0.6) is 0 Å². The van der Waals surface area contributed by atoms with Crippen molar-refractivity contribution in [2.24, 2.45) is 0 Å². The predicted octanol–water partition coefficient (Wildman–Crippen LogP) is 2.55. The largest absolute Gasteiger partial charge is 0.314 e. The van der Waals surface area contributed by atoms with E-state index in [0.29, 0.717) is 0 Å². The van der Waals surface area contributed by atoms with Gasteiger partial charge in [0.05, 0.1) is 5.41 Å². The first-order valence-corrected chi connectivity index (χ1v) is 5.60. The molecule has 0 spiro atoms. The summed E-state index contributed by atoms with van der Waals surface area (Å²) in [6.45, 7) is 3.96. The molecule has 14 heavy (non-hydrogen) atoms. The molecule has 0 saturated carbocycles. The summed E-state index contributed by atoms with van der Waals surface area (Å²) in [5, 5.41) is 0. The van der Waals surface area contributed by atoms with Gasteiger partial charge in [0.25, 0.3) is 0 Å². The van der Waals surface area contributed by atoms with Crippen molar-refractivity contribution in [1.82, 2.24) is 0 Å². The molecule has 1 heterocycles. The van der Waals surface area contributed by atoms with Crippen molar-refractivity contribution >= 4 is 34.2 Å². The Kier molecular flexibility index (Phi) is 2.10. The maximum atomic E-state index is 11.9. The van der Waals surface area contributed by atoms with Gasteiger partial charge in [0.15, 0.2) is 0 Å². The Balaban J connectivity index is 2.69. The zero-order chi connectivity index (χ0) is 10.5. The van der Waals surface area contributed by atoms with Crippen LogP contribution in [0, 0.1) is 3.57 Å². The van der Waals surface area contributed by atoms with E-state index in [9.17, 15) is 4.79 Å². The summed E-state index contributed by atoms with van der Waals surface area (Å²) in [6, 6.07) is 6.14. The van der Waals surface area contributed by atoms with Gasteiger partial charge in [-0.3, -0.25) is 4.79 Å². The lowest BCUT2D eigenvalue weighted by atomic mass is 9.86. The molecule has 74 valence electrons. The van der Waals surface area contributed by atoms with Gasteiger partial charge in [-0.15, -0.1) is 0 Å². The van der Waals surface area contributed by atoms with Gasteiger partial charge in [0.2, 0.25) is 5.91 Å². The van der Waals surface area contributed by atoms with Crippen LogP contribution >= 0.6 is 22.6 Å². The molecule has 0 aromatic heterocycles. The smallest absolute Gasteiger partial charge is 0.236 e. The third-order valence-corrected chi connectivity index (χ3v) is 3.50. The summed E-state index contributed by atoms with van der Waals surface area (Å²) in [4.78, 5) is 13.7. The number of likely N-dealkylation sites (N-methyl/N-ethyl adjacent to an activating group) is 1. The van der Waals surface area contributed by atoms with E-state index in [1.807, 2.05) is 33.0 Å². The molecule has 0 fully saturated rings. The highest BCUT2D eigenvalue weighted by molar-refractivity contribution is 14.1. The summed E-state index contributed by atoms with van der Waals surface area (Å²) >= 11 is 2.27. The van der Waals surface area contributed by atoms with E-state index in [2.05, 4.69) is 28.7 Å². The fourth-order valence-electron chi connectivity index (χ4n) is 1.95. The molecule has 0 radical (unpaired) electrons. The summed E-state index contributed by atoms with van der Waals surface area (Å²) in [5.74, 6) is 0.175.